The zero-order valence-corrected chi connectivity index (χ0v) is 16.6. The fraction of sp³-hybridized carbons (Fsp3) is 0.400. The van der Waals surface area contributed by atoms with E-state index < -0.39 is 0 Å². The second-order valence-electron chi connectivity index (χ2n) is 5.52. The molecule has 5 nitrogen and oxygen atoms in total. The van der Waals surface area contributed by atoms with Gasteiger partial charge >= 0.3 is 0 Å². The molecule has 0 unspecified atom stereocenters. The molecule has 2 aromatic rings. The summed E-state index contributed by atoms with van der Waals surface area (Å²) in [7, 11) is 0. The third kappa shape index (κ3) is 5.81. The van der Waals surface area contributed by atoms with Gasteiger partial charge in [0.2, 0.25) is 11.0 Å². The van der Waals surface area contributed by atoms with Gasteiger partial charge in [-0.2, -0.15) is 0 Å². The first-order chi connectivity index (χ1) is 11.3. The summed E-state index contributed by atoms with van der Waals surface area (Å²) in [5.41, 5.74) is 0.537. The average Bonchev–Trinajstić information content (AvgIpc) is 2.95. The van der Waals surface area contributed by atoms with Crippen molar-refractivity contribution < 1.29 is 4.79 Å². The Morgan fingerprint density at radius 1 is 1.29 bits per heavy atom. The monoisotopic (exact) mass is 404 g/mol. The van der Waals surface area contributed by atoms with Gasteiger partial charge < -0.3 is 10.6 Å². The molecule has 1 aromatic carbocycles. The van der Waals surface area contributed by atoms with Crippen molar-refractivity contribution in [2.75, 3.05) is 17.2 Å². The Labute approximate surface area is 159 Å². The quantitative estimate of drug-likeness (QED) is 0.633. The van der Waals surface area contributed by atoms with Crippen LogP contribution in [-0.4, -0.2) is 27.9 Å². The van der Waals surface area contributed by atoms with Crippen LogP contribution in [0.1, 0.15) is 20.8 Å². The van der Waals surface area contributed by atoms with Crippen LogP contribution in [0.3, 0.4) is 0 Å². The van der Waals surface area contributed by atoms with Gasteiger partial charge in [-0.05, 0) is 31.0 Å². The molecule has 0 fully saturated rings. The topological polar surface area (TPSA) is 66.9 Å². The van der Waals surface area contributed by atoms with Crippen molar-refractivity contribution in [3.05, 3.63) is 28.2 Å². The third-order valence-corrected chi connectivity index (χ3v) is 5.52. The zero-order valence-electron chi connectivity index (χ0n) is 13.5. The van der Waals surface area contributed by atoms with Gasteiger partial charge in [0.05, 0.1) is 16.0 Å². The van der Waals surface area contributed by atoms with E-state index in [9.17, 15) is 4.79 Å². The van der Waals surface area contributed by atoms with E-state index in [1.807, 2.05) is 6.92 Å². The van der Waals surface area contributed by atoms with Gasteiger partial charge in [0.15, 0.2) is 4.34 Å². The maximum absolute atomic E-state index is 12.3. The number of amides is 1. The van der Waals surface area contributed by atoms with Crippen molar-refractivity contribution in [3.8, 4) is 0 Å². The molecule has 2 N–H and O–H groups in total. The molecule has 130 valence electrons. The Kier molecular flexibility index (Phi) is 7.16. The van der Waals surface area contributed by atoms with Crippen molar-refractivity contribution in [1.29, 1.82) is 0 Å². The molecule has 1 heterocycles. The van der Waals surface area contributed by atoms with Gasteiger partial charge in [0.1, 0.15) is 0 Å². The van der Waals surface area contributed by atoms with Crippen LogP contribution in [0, 0.1) is 5.92 Å². The number of rotatable bonds is 7. The maximum Gasteiger partial charge on any atom is 0.237 e. The summed E-state index contributed by atoms with van der Waals surface area (Å²) >= 11 is 14.7. The van der Waals surface area contributed by atoms with Crippen LogP contribution in [0.4, 0.5) is 10.8 Å². The lowest BCUT2D eigenvalue weighted by Crippen LogP contribution is -2.22. The number of nitrogens with zero attached hydrogens (tertiary/aromatic N) is 2. The fourth-order valence-electron chi connectivity index (χ4n) is 1.65. The molecule has 0 radical (unpaired) electrons. The summed E-state index contributed by atoms with van der Waals surface area (Å²) in [4.78, 5) is 12.3. The Morgan fingerprint density at radius 3 is 2.71 bits per heavy atom. The number of carbonyl (C=O) groups excluding carboxylic acids is 1. The van der Waals surface area contributed by atoms with Crippen molar-refractivity contribution in [3.63, 3.8) is 0 Å². The van der Waals surface area contributed by atoms with Crippen LogP contribution < -0.4 is 10.6 Å². The molecule has 24 heavy (non-hydrogen) atoms. The molecule has 0 aliphatic heterocycles. The Bertz CT molecular complexity index is 709. The molecule has 1 amide bonds. The molecule has 0 bridgehead atoms. The van der Waals surface area contributed by atoms with Gasteiger partial charge in [-0.3, -0.25) is 4.79 Å². The number of carbonyl (C=O) groups is 1. The molecule has 0 saturated heterocycles. The van der Waals surface area contributed by atoms with Crippen molar-refractivity contribution >= 4 is 63.0 Å². The lowest BCUT2D eigenvalue weighted by atomic mass is 10.2. The van der Waals surface area contributed by atoms with Crippen LogP contribution in [0.25, 0.3) is 0 Å². The van der Waals surface area contributed by atoms with E-state index >= 15 is 0 Å². The van der Waals surface area contributed by atoms with E-state index in [4.69, 9.17) is 23.2 Å². The average molecular weight is 405 g/mol. The van der Waals surface area contributed by atoms with E-state index in [-0.39, 0.29) is 11.2 Å². The second kappa shape index (κ2) is 8.89. The van der Waals surface area contributed by atoms with Crippen molar-refractivity contribution in [2.24, 2.45) is 5.92 Å². The Hall–Kier alpha value is -1.02. The van der Waals surface area contributed by atoms with Crippen molar-refractivity contribution in [2.45, 2.75) is 30.4 Å². The van der Waals surface area contributed by atoms with Crippen LogP contribution in [0.5, 0.6) is 0 Å². The van der Waals surface area contributed by atoms with E-state index in [0.29, 0.717) is 21.7 Å². The van der Waals surface area contributed by atoms with E-state index in [1.165, 1.54) is 23.1 Å². The minimum absolute atomic E-state index is 0.156. The molecule has 1 atom stereocenters. The highest BCUT2D eigenvalue weighted by molar-refractivity contribution is 8.02. The summed E-state index contributed by atoms with van der Waals surface area (Å²) in [6.07, 6.45) is 0. The number of halogens is 2. The second-order valence-corrected chi connectivity index (χ2v) is 8.93. The fourth-order valence-corrected chi connectivity index (χ4v) is 4.01. The van der Waals surface area contributed by atoms with Crippen LogP contribution in [-0.2, 0) is 4.79 Å². The first kappa shape index (κ1) is 19.3. The molecular weight excluding hydrogens is 387 g/mol. The number of thioether (sulfide) groups is 1. The predicted octanol–water partition coefficient (Wildman–Crippen LogP) is 5.03. The van der Waals surface area contributed by atoms with Gasteiger partial charge in [-0.1, -0.05) is 60.1 Å². The summed E-state index contributed by atoms with van der Waals surface area (Å²) in [5, 5.41) is 15.6. The number of hydrogen-bond donors (Lipinski definition) is 2. The Morgan fingerprint density at radius 2 is 2.04 bits per heavy atom. The van der Waals surface area contributed by atoms with Crippen LogP contribution in [0.2, 0.25) is 10.0 Å². The number of anilines is 2. The van der Waals surface area contributed by atoms with Gasteiger partial charge in [0, 0.05) is 11.6 Å². The minimum atomic E-state index is -0.331. The number of benzene rings is 1. The van der Waals surface area contributed by atoms with Gasteiger partial charge in [0.25, 0.3) is 0 Å². The normalized spacial score (nSPS) is 12.2. The number of nitrogens with one attached hydrogen (secondary N) is 2. The van der Waals surface area contributed by atoms with Gasteiger partial charge in [-0.25, -0.2) is 0 Å². The molecule has 0 saturated carbocycles. The lowest BCUT2D eigenvalue weighted by Gasteiger charge is -2.11. The summed E-state index contributed by atoms with van der Waals surface area (Å²) in [6, 6.07) is 4.95. The maximum atomic E-state index is 12.3. The lowest BCUT2D eigenvalue weighted by molar-refractivity contribution is -0.115. The molecule has 2 rings (SSSR count). The van der Waals surface area contributed by atoms with Crippen molar-refractivity contribution in [1.82, 2.24) is 10.2 Å². The highest BCUT2D eigenvalue weighted by Crippen LogP contribution is 2.30. The largest absolute Gasteiger partial charge is 0.360 e. The zero-order chi connectivity index (χ0) is 17.7. The summed E-state index contributed by atoms with van der Waals surface area (Å²) in [6.45, 7) is 6.90. The van der Waals surface area contributed by atoms with E-state index in [0.717, 1.165) is 16.0 Å². The number of aromatic nitrogens is 2. The summed E-state index contributed by atoms with van der Waals surface area (Å²) < 4.78 is 0.742. The third-order valence-electron chi connectivity index (χ3n) is 2.90. The summed E-state index contributed by atoms with van der Waals surface area (Å²) in [5.74, 6) is 0.370. The first-order valence-corrected chi connectivity index (χ1v) is 9.80. The van der Waals surface area contributed by atoms with E-state index in [2.05, 4.69) is 34.7 Å². The molecule has 0 aliphatic rings. The highest BCUT2D eigenvalue weighted by atomic mass is 35.5. The predicted molar refractivity (Wildman–Crippen MR) is 104 cm³/mol. The molecule has 1 aromatic heterocycles. The molecule has 0 aliphatic carbocycles. The van der Waals surface area contributed by atoms with Crippen LogP contribution in [0.15, 0.2) is 22.5 Å². The SMILES string of the molecule is CC(C)CNc1nnc(S[C@H](C)C(=O)Nc2ccc(Cl)cc2Cl)s1. The van der Waals surface area contributed by atoms with Gasteiger partial charge in [-0.15, -0.1) is 10.2 Å². The van der Waals surface area contributed by atoms with E-state index in [1.54, 1.807) is 18.2 Å². The molecule has 9 heteroatoms. The Balaban J connectivity index is 1.91. The molecular formula is C15H18Cl2N4OS2. The standard InChI is InChI=1S/C15H18Cl2N4OS2/c1-8(2)7-18-14-20-21-15(24-14)23-9(3)13(22)19-12-5-4-10(16)6-11(12)17/h4-6,8-9H,7H2,1-3H3,(H,18,20)(H,19,22)/t9-/m1/s1. The smallest absolute Gasteiger partial charge is 0.237 e. The highest BCUT2D eigenvalue weighted by Gasteiger charge is 2.18. The van der Waals surface area contributed by atoms with Crippen LogP contribution >= 0.6 is 46.3 Å². The number of hydrogen-bond acceptors (Lipinski definition) is 6. The first-order valence-electron chi connectivity index (χ1n) is 7.35. The minimum Gasteiger partial charge on any atom is -0.360 e. The molecule has 0 spiro atoms.